The zero-order valence-electron chi connectivity index (χ0n) is 10.2. The maximum absolute atomic E-state index is 6.21. The van der Waals surface area contributed by atoms with Gasteiger partial charge in [-0.05, 0) is 24.9 Å². The summed E-state index contributed by atoms with van der Waals surface area (Å²) in [4.78, 5) is 0.956. The topological polar surface area (TPSA) is 81.7 Å². The molecule has 0 saturated carbocycles. The van der Waals surface area contributed by atoms with Gasteiger partial charge in [-0.2, -0.15) is 5.10 Å². The van der Waals surface area contributed by atoms with E-state index in [0.717, 1.165) is 29.2 Å². The standard InChI is InChI=1S/C10H15ClN6S/c1-3-4-17-9(7(11)5-13-17)8(14-12)10-6(2)15-16-18-10/h5,8,14H,3-4,12H2,1-2H3. The summed E-state index contributed by atoms with van der Waals surface area (Å²) in [5, 5.41) is 8.86. The van der Waals surface area contributed by atoms with Crippen LogP contribution in [0.25, 0.3) is 0 Å². The first kappa shape index (κ1) is 13.4. The third-order valence-corrected chi connectivity index (χ3v) is 3.84. The second kappa shape index (κ2) is 5.75. The number of nitrogens with one attached hydrogen (secondary N) is 1. The molecule has 2 aromatic heterocycles. The van der Waals surface area contributed by atoms with Gasteiger partial charge in [0.25, 0.3) is 0 Å². The third kappa shape index (κ3) is 2.39. The average Bonchev–Trinajstić information content (AvgIpc) is 2.91. The molecule has 0 bridgehead atoms. The Bertz CT molecular complexity index is 522. The Hall–Kier alpha value is -1.02. The molecule has 0 fully saturated rings. The minimum atomic E-state index is -0.230. The molecule has 0 radical (unpaired) electrons. The highest BCUT2D eigenvalue weighted by Crippen LogP contribution is 2.30. The van der Waals surface area contributed by atoms with Crippen LogP contribution in [0.3, 0.4) is 0 Å². The van der Waals surface area contributed by atoms with Gasteiger partial charge in [0.15, 0.2) is 0 Å². The zero-order valence-corrected chi connectivity index (χ0v) is 11.8. The van der Waals surface area contributed by atoms with Crippen molar-refractivity contribution in [2.24, 2.45) is 5.84 Å². The van der Waals surface area contributed by atoms with Gasteiger partial charge < -0.3 is 0 Å². The molecule has 18 heavy (non-hydrogen) atoms. The number of hydrogen-bond acceptors (Lipinski definition) is 6. The van der Waals surface area contributed by atoms with Crippen molar-refractivity contribution in [3.63, 3.8) is 0 Å². The highest BCUT2D eigenvalue weighted by atomic mass is 35.5. The van der Waals surface area contributed by atoms with Crippen LogP contribution in [-0.4, -0.2) is 19.4 Å². The molecule has 0 aliphatic rings. The molecule has 2 aromatic rings. The van der Waals surface area contributed by atoms with Crippen LogP contribution in [0.15, 0.2) is 6.20 Å². The van der Waals surface area contributed by atoms with E-state index in [9.17, 15) is 0 Å². The van der Waals surface area contributed by atoms with Crippen molar-refractivity contribution < 1.29 is 0 Å². The minimum absolute atomic E-state index is 0.230. The lowest BCUT2D eigenvalue weighted by molar-refractivity contribution is 0.523. The molecule has 0 aliphatic carbocycles. The van der Waals surface area contributed by atoms with Gasteiger partial charge in [-0.1, -0.05) is 23.0 Å². The Kier molecular flexibility index (Phi) is 4.28. The number of hydrogen-bond donors (Lipinski definition) is 2. The van der Waals surface area contributed by atoms with Gasteiger partial charge >= 0.3 is 0 Å². The average molecular weight is 287 g/mol. The van der Waals surface area contributed by atoms with E-state index >= 15 is 0 Å². The number of halogens is 1. The van der Waals surface area contributed by atoms with E-state index in [2.05, 4.69) is 27.0 Å². The summed E-state index contributed by atoms with van der Waals surface area (Å²) in [5.41, 5.74) is 4.48. The number of aromatic nitrogens is 4. The molecule has 8 heteroatoms. The molecule has 2 rings (SSSR count). The van der Waals surface area contributed by atoms with Crippen LogP contribution in [0, 0.1) is 6.92 Å². The Labute approximate surface area is 114 Å². The van der Waals surface area contributed by atoms with Gasteiger partial charge in [-0.3, -0.25) is 10.5 Å². The molecule has 1 unspecified atom stereocenters. The first-order valence-corrected chi connectivity index (χ1v) is 6.80. The van der Waals surface area contributed by atoms with Crippen molar-refractivity contribution in [2.45, 2.75) is 32.9 Å². The molecule has 0 amide bonds. The van der Waals surface area contributed by atoms with Gasteiger partial charge in [-0.25, -0.2) is 5.43 Å². The molecule has 0 aromatic carbocycles. The predicted octanol–water partition coefficient (Wildman–Crippen LogP) is 1.66. The van der Waals surface area contributed by atoms with Crippen molar-refractivity contribution in [1.29, 1.82) is 0 Å². The van der Waals surface area contributed by atoms with Crippen molar-refractivity contribution in [3.05, 3.63) is 27.5 Å². The van der Waals surface area contributed by atoms with Gasteiger partial charge in [0.1, 0.15) is 6.04 Å². The van der Waals surface area contributed by atoms with Crippen molar-refractivity contribution >= 4 is 23.1 Å². The van der Waals surface area contributed by atoms with Gasteiger partial charge in [0, 0.05) is 6.54 Å². The Morgan fingerprint density at radius 3 is 2.94 bits per heavy atom. The smallest absolute Gasteiger partial charge is 0.102 e. The summed E-state index contributed by atoms with van der Waals surface area (Å²) >= 11 is 7.52. The normalized spacial score (nSPS) is 12.9. The van der Waals surface area contributed by atoms with E-state index in [-0.39, 0.29) is 6.04 Å². The third-order valence-electron chi connectivity index (χ3n) is 2.66. The highest BCUT2D eigenvalue weighted by Gasteiger charge is 2.24. The van der Waals surface area contributed by atoms with Crippen molar-refractivity contribution in [2.75, 3.05) is 0 Å². The Morgan fingerprint density at radius 1 is 1.61 bits per heavy atom. The summed E-state index contributed by atoms with van der Waals surface area (Å²) in [6.07, 6.45) is 2.61. The highest BCUT2D eigenvalue weighted by molar-refractivity contribution is 7.05. The lowest BCUT2D eigenvalue weighted by Gasteiger charge is -2.16. The number of rotatable bonds is 5. The quantitative estimate of drug-likeness (QED) is 0.645. The molecule has 3 N–H and O–H groups in total. The maximum atomic E-state index is 6.21. The minimum Gasteiger partial charge on any atom is -0.270 e. The van der Waals surface area contributed by atoms with E-state index in [1.807, 2.05) is 11.6 Å². The lowest BCUT2D eigenvalue weighted by atomic mass is 10.1. The van der Waals surface area contributed by atoms with Crippen LogP contribution < -0.4 is 11.3 Å². The predicted molar refractivity (Wildman–Crippen MR) is 71.3 cm³/mol. The summed E-state index contributed by atoms with van der Waals surface area (Å²) in [6.45, 7) is 4.78. The van der Waals surface area contributed by atoms with Crippen LogP contribution in [-0.2, 0) is 6.54 Å². The maximum Gasteiger partial charge on any atom is 0.102 e. The van der Waals surface area contributed by atoms with Crippen LogP contribution >= 0.6 is 23.1 Å². The summed E-state index contributed by atoms with van der Waals surface area (Å²) in [7, 11) is 0. The molecular formula is C10H15ClN6S. The first-order chi connectivity index (χ1) is 8.69. The van der Waals surface area contributed by atoms with Crippen LogP contribution in [0.5, 0.6) is 0 Å². The fourth-order valence-electron chi connectivity index (χ4n) is 1.83. The first-order valence-electron chi connectivity index (χ1n) is 5.65. The van der Waals surface area contributed by atoms with E-state index in [4.69, 9.17) is 17.4 Å². The molecule has 98 valence electrons. The van der Waals surface area contributed by atoms with Crippen LogP contribution in [0.2, 0.25) is 5.02 Å². The number of nitrogens with two attached hydrogens (primary N) is 1. The van der Waals surface area contributed by atoms with Gasteiger partial charge in [-0.15, -0.1) is 5.10 Å². The van der Waals surface area contributed by atoms with Crippen molar-refractivity contribution in [1.82, 2.24) is 24.8 Å². The van der Waals surface area contributed by atoms with Crippen LogP contribution in [0.1, 0.15) is 35.7 Å². The second-order valence-electron chi connectivity index (χ2n) is 3.92. The van der Waals surface area contributed by atoms with E-state index in [1.54, 1.807) is 6.20 Å². The molecule has 0 saturated heterocycles. The lowest BCUT2D eigenvalue weighted by Crippen LogP contribution is -2.31. The number of aryl methyl sites for hydroxylation is 2. The Balaban J connectivity index is 2.45. The summed E-state index contributed by atoms with van der Waals surface area (Å²) < 4.78 is 5.80. The summed E-state index contributed by atoms with van der Waals surface area (Å²) in [6, 6.07) is -0.230. The summed E-state index contributed by atoms with van der Waals surface area (Å²) in [5.74, 6) is 5.66. The number of nitrogens with zero attached hydrogens (tertiary/aromatic N) is 4. The van der Waals surface area contributed by atoms with Gasteiger partial charge in [0.2, 0.25) is 0 Å². The molecule has 2 heterocycles. The fraction of sp³-hybridized carbons (Fsp3) is 0.500. The molecule has 1 atom stereocenters. The largest absolute Gasteiger partial charge is 0.270 e. The van der Waals surface area contributed by atoms with Crippen LogP contribution in [0.4, 0.5) is 0 Å². The zero-order chi connectivity index (χ0) is 13.1. The van der Waals surface area contributed by atoms with Gasteiger partial charge in [0.05, 0.1) is 27.5 Å². The monoisotopic (exact) mass is 286 g/mol. The van der Waals surface area contributed by atoms with E-state index in [0.29, 0.717) is 5.02 Å². The molecule has 0 aliphatic heterocycles. The SMILES string of the molecule is CCCn1ncc(Cl)c1C(NN)c1snnc1C. The van der Waals surface area contributed by atoms with E-state index < -0.39 is 0 Å². The molecule has 6 nitrogen and oxygen atoms in total. The molecular weight excluding hydrogens is 272 g/mol. The van der Waals surface area contributed by atoms with E-state index in [1.165, 1.54) is 11.5 Å². The van der Waals surface area contributed by atoms with Crippen molar-refractivity contribution in [3.8, 4) is 0 Å². The Morgan fingerprint density at radius 2 is 2.39 bits per heavy atom. The second-order valence-corrected chi connectivity index (χ2v) is 5.12. The number of hydrazine groups is 1. The molecule has 0 spiro atoms. The fourth-order valence-corrected chi connectivity index (χ4v) is 2.79.